The number of likely N-dealkylation sites (N-methyl/N-ethyl adjacent to an activating group) is 1. The van der Waals surface area contributed by atoms with Gasteiger partial charge >= 0.3 is 0 Å². The van der Waals surface area contributed by atoms with E-state index in [1.807, 2.05) is 42.5 Å². The van der Waals surface area contributed by atoms with Crippen molar-refractivity contribution in [2.24, 2.45) is 4.99 Å². The van der Waals surface area contributed by atoms with E-state index in [9.17, 15) is 4.79 Å². The molecule has 0 radical (unpaired) electrons. The molecule has 1 amide bonds. The second-order valence-corrected chi connectivity index (χ2v) is 8.46. The fourth-order valence-electron chi connectivity index (χ4n) is 3.03. The largest absolute Gasteiger partial charge is 0.378 e. The Kier molecular flexibility index (Phi) is 5.85. The van der Waals surface area contributed by atoms with Crippen LogP contribution in [0.1, 0.15) is 5.56 Å². The van der Waals surface area contributed by atoms with E-state index in [-0.39, 0.29) is 5.91 Å². The Morgan fingerprint density at radius 1 is 1.07 bits per heavy atom. The number of anilines is 1. The normalized spacial score (nSPS) is 20.4. The second kappa shape index (κ2) is 8.51. The molecule has 0 aliphatic carbocycles. The van der Waals surface area contributed by atoms with E-state index in [1.54, 1.807) is 11.9 Å². The van der Waals surface area contributed by atoms with E-state index in [0.29, 0.717) is 10.1 Å². The number of rotatable bonds is 3. The summed E-state index contributed by atoms with van der Waals surface area (Å²) in [6, 6.07) is 16.0. The maximum atomic E-state index is 12.6. The molecule has 2 heterocycles. The molecule has 5 nitrogen and oxygen atoms in total. The molecule has 0 N–H and O–H groups in total. The van der Waals surface area contributed by atoms with Crippen molar-refractivity contribution in [2.45, 2.75) is 0 Å². The number of thioether (sulfide) groups is 1. The highest BCUT2D eigenvalue weighted by Gasteiger charge is 2.30. The first kappa shape index (κ1) is 19.2. The summed E-state index contributed by atoms with van der Waals surface area (Å²) in [6.45, 7) is 3.35. The van der Waals surface area contributed by atoms with Crippen molar-refractivity contribution in [3.63, 3.8) is 0 Å². The molecule has 2 aliphatic heterocycles. The molecular weight excluding hydrogens is 438 g/mol. The summed E-state index contributed by atoms with van der Waals surface area (Å²) in [5, 5.41) is 0.687. The lowest BCUT2D eigenvalue weighted by Gasteiger charge is -2.28. The van der Waals surface area contributed by atoms with Crippen LogP contribution in [0.15, 0.2) is 62.9 Å². The maximum Gasteiger partial charge on any atom is 0.266 e. The average molecular weight is 458 g/mol. The number of hydrogen-bond acceptors (Lipinski definition) is 5. The summed E-state index contributed by atoms with van der Waals surface area (Å²) in [5.41, 5.74) is 3.00. The van der Waals surface area contributed by atoms with Gasteiger partial charge in [0.05, 0.1) is 23.8 Å². The van der Waals surface area contributed by atoms with Crippen LogP contribution in [0.2, 0.25) is 0 Å². The summed E-state index contributed by atoms with van der Waals surface area (Å²) in [4.78, 5) is 21.8. The number of halogens is 1. The first-order chi connectivity index (χ1) is 13.6. The first-order valence-electron chi connectivity index (χ1n) is 9.05. The Balaban J connectivity index is 1.51. The molecule has 2 saturated heterocycles. The molecule has 0 unspecified atom stereocenters. The van der Waals surface area contributed by atoms with Gasteiger partial charge in [0.1, 0.15) is 0 Å². The molecule has 0 atom stereocenters. The molecule has 7 heteroatoms. The van der Waals surface area contributed by atoms with Crippen LogP contribution in [-0.4, -0.2) is 49.3 Å². The highest BCUT2D eigenvalue weighted by Crippen LogP contribution is 2.33. The van der Waals surface area contributed by atoms with Gasteiger partial charge in [0.25, 0.3) is 5.91 Å². The number of nitrogens with zero attached hydrogens (tertiary/aromatic N) is 3. The van der Waals surface area contributed by atoms with E-state index in [0.717, 1.165) is 42.0 Å². The van der Waals surface area contributed by atoms with Gasteiger partial charge in [-0.2, -0.15) is 0 Å². The van der Waals surface area contributed by atoms with E-state index in [4.69, 9.17) is 4.74 Å². The van der Waals surface area contributed by atoms with Crippen LogP contribution in [0.4, 0.5) is 11.4 Å². The molecule has 0 bridgehead atoms. The number of carbonyl (C=O) groups is 1. The number of ether oxygens (including phenoxy) is 1. The zero-order valence-corrected chi connectivity index (χ0v) is 17.9. The fraction of sp³-hybridized carbons (Fsp3) is 0.238. The quantitative estimate of drug-likeness (QED) is 0.635. The minimum Gasteiger partial charge on any atom is -0.378 e. The molecule has 0 spiro atoms. The van der Waals surface area contributed by atoms with Gasteiger partial charge in [-0.05, 0) is 59.8 Å². The van der Waals surface area contributed by atoms with Crippen LogP contribution >= 0.6 is 27.7 Å². The van der Waals surface area contributed by atoms with Crippen molar-refractivity contribution >= 4 is 56.2 Å². The monoisotopic (exact) mass is 457 g/mol. The minimum atomic E-state index is -0.0309. The van der Waals surface area contributed by atoms with Gasteiger partial charge in [-0.1, -0.05) is 28.1 Å². The van der Waals surface area contributed by atoms with Gasteiger partial charge in [-0.15, -0.1) is 0 Å². The molecular formula is C21H20BrN3O2S. The number of amides is 1. The summed E-state index contributed by atoms with van der Waals surface area (Å²) in [7, 11) is 1.76. The fourth-order valence-corrected chi connectivity index (χ4v) is 4.28. The molecule has 144 valence electrons. The summed E-state index contributed by atoms with van der Waals surface area (Å²) in [6.07, 6.45) is 1.90. The van der Waals surface area contributed by atoms with Crippen molar-refractivity contribution in [3.8, 4) is 0 Å². The van der Waals surface area contributed by atoms with Crippen LogP contribution in [-0.2, 0) is 9.53 Å². The number of amidine groups is 1. The zero-order valence-electron chi connectivity index (χ0n) is 15.5. The van der Waals surface area contributed by atoms with Crippen LogP contribution in [0.5, 0.6) is 0 Å². The highest BCUT2D eigenvalue weighted by molar-refractivity contribution is 9.10. The Hall–Kier alpha value is -2.09. The topological polar surface area (TPSA) is 45.1 Å². The van der Waals surface area contributed by atoms with Gasteiger partial charge < -0.3 is 9.64 Å². The standard InChI is InChI=1S/C21H20BrN3O2S/c1-24-20(26)19(14-15-2-4-16(22)5-3-15)28-21(24)23-17-6-8-18(9-7-17)25-10-12-27-13-11-25/h2-9,14H,10-13H2,1H3. The number of hydrogen-bond donors (Lipinski definition) is 0. The molecule has 4 rings (SSSR count). The molecule has 0 aromatic heterocycles. The number of aliphatic imine (C=N–C) groups is 1. The van der Waals surface area contributed by atoms with Crippen LogP contribution in [0.3, 0.4) is 0 Å². The Labute approximate surface area is 177 Å². The number of carbonyl (C=O) groups excluding carboxylic acids is 1. The second-order valence-electron chi connectivity index (χ2n) is 6.54. The van der Waals surface area contributed by atoms with Crippen molar-refractivity contribution in [2.75, 3.05) is 38.3 Å². The predicted molar refractivity (Wildman–Crippen MR) is 119 cm³/mol. The molecule has 0 saturated carbocycles. The number of morpholine rings is 1. The van der Waals surface area contributed by atoms with E-state index in [2.05, 4.69) is 38.0 Å². The molecule has 2 aromatic rings. The molecule has 2 aliphatic rings. The minimum absolute atomic E-state index is 0.0309. The lowest BCUT2D eigenvalue weighted by Crippen LogP contribution is -2.36. The molecule has 2 fully saturated rings. The van der Waals surface area contributed by atoms with E-state index < -0.39 is 0 Å². The lowest BCUT2D eigenvalue weighted by molar-refractivity contribution is -0.121. The van der Waals surface area contributed by atoms with Gasteiger partial charge in [-0.25, -0.2) is 4.99 Å². The third-order valence-electron chi connectivity index (χ3n) is 4.62. The Morgan fingerprint density at radius 3 is 2.43 bits per heavy atom. The predicted octanol–water partition coefficient (Wildman–Crippen LogP) is 4.52. The first-order valence-corrected chi connectivity index (χ1v) is 10.7. The Bertz CT molecular complexity index is 920. The van der Waals surface area contributed by atoms with Gasteiger partial charge in [0, 0.05) is 30.3 Å². The van der Waals surface area contributed by atoms with Crippen molar-refractivity contribution in [3.05, 3.63) is 63.5 Å². The van der Waals surface area contributed by atoms with Crippen molar-refractivity contribution in [1.29, 1.82) is 0 Å². The summed E-state index contributed by atoms with van der Waals surface area (Å²) in [5.74, 6) is -0.0309. The van der Waals surface area contributed by atoms with Gasteiger partial charge in [0.2, 0.25) is 0 Å². The smallest absolute Gasteiger partial charge is 0.266 e. The average Bonchev–Trinajstić information content (AvgIpc) is 2.99. The lowest BCUT2D eigenvalue weighted by atomic mass is 10.2. The van der Waals surface area contributed by atoms with Gasteiger partial charge in [-0.3, -0.25) is 9.69 Å². The van der Waals surface area contributed by atoms with Crippen molar-refractivity contribution in [1.82, 2.24) is 4.90 Å². The third-order valence-corrected chi connectivity index (χ3v) is 6.21. The highest BCUT2D eigenvalue weighted by atomic mass is 79.9. The van der Waals surface area contributed by atoms with Crippen LogP contribution in [0.25, 0.3) is 6.08 Å². The van der Waals surface area contributed by atoms with E-state index in [1.165, 1.54) is 17.4 Å². The van der Waals surface area contributed by atoms with Crippen LogP contribution < -0.4 is 4.90 Å². The Morgan fingerprint density at radius 2 is 1.75 bits per heavy atom. The van der Waals surface area contributed by atoms with Gasteiger partial charge in [0.15, 0.2) is 5.17 Å². The summed E-state index contributed by atoms with van der Waals surface area (Å²) >= 11 is 4.83. The van der Waals surface area contributed by atoms with E-state index >= 15 is 0 Å². The SMILES string of the molecule is CN1C(=O)C(=Cc2ccc(Br)cc2)SC1=Nc1ccc(N2CCOCC2)cc1. The maximum absolute atomic E-state index is 12.6. The zero-order chi connectivity index (χ0) is 19.5. The summed E-state index contributed by atoms with van der Waals surface area (Å²) < 4.78 is 6.42. The molecule has 28 heavy (non-hydrogen) atoms. The number of benzene rings is 2. The van der Waals surface area contributed by atoms with Crippen LogP contribution in [0, 0.1) is 0 Å². The third kappa shape index (κ3) is 4.32. The molecule has 2 aromatic carbocycles. The van der Waals surface area contributed by atoms with Crippen molar-refractivity contribution < 1.29 is 9.53 Å².